The molecule has 0 aromatic heterocycles. The van der Waals surface area contributed by atoms with Gasteiger partial charge in [0.05, 0.1) is 11.3 Å². The summed E-state index contributed by atoms with van der Waals surface area (Å²) in [5.41, 5.74) is 0.889. The SMILES string of the molecule is CN(C)c1ccccc1C([O])=O. The molecule has 0 bridgehead atoms. The van der Waals surface area contributed by atoms with Gasteiger partial charge in [-0.2, -0.15) is 0 Å². The summed E-state index contributed by atoms with van der Waals surface area (Å²) in [4.78, 5) is 12.3. The van der Waals surface area contributed by atoms with Crippen LogP contribution in [-0.4, -0.2) is 20.1 Å². The van der Waals surface area contributed by atoms with E-state index in [2.05, 4.69) is 0 Å². The van der Waals surface area contributed by atoms with Crippen LogP contribution in [-0.2, 0) is 5.11 Å². The Morgan fingerprint density at radius 1 is 1.25 bits per heavy atom. The van der Waals surface area contributed by atoms with Crippen LogP contribution in [0.3, 0.4) is 0 Å². The molecular weight excluding hydrogens is 154 g/mol. The van der Waals surface area contributed by atoms with Crippen LogP contribution < -0.4 is 4.90 Å². The first-order valence-electron chi connectivity index (χ1n) is 3.60. The van der Waals surface area contributed by atoms with Gasteiger partial charge in [0, 0.05) is 14.1 Å². The van der Waals surface area contributed by atoms with Crippen LogP contribution in [0.1, 0.15) is 10.4 Å². The van der Waals surface area contributed by atoms with Gasteiger partial charge in [-0.15, -0.1) is 0 Å². The zero-order valence-corrected chi connectivity index (χ0v) is 7.07. The molecule has 0 saturated carbocycles. The summed E-state index contributed by atoms with van der Waals surface area (Å²) >= 11 is 0. The summed E-state index contributed by atoms with van der Waals surface area (Å²) in [6, 6.07) is 6.75. The van der Waals surface area contributed by atoms with Gasteiger partial charge in [-0.25, -0.2) is 9.90 Å². The van der Waals surface area contributed by atoms with Crippen molar-refractivity contribution in [2.75, 3.05) is 19.0 Å². The Kier molecular flexibility index (Phi) is 2.33. The molecule has 0 spiro atoms. The molecule has 3 heteroatoms. The molecule has 0 N–H and O–H groups in total. The minimum absolute atomic E-state index is 0.225. The van der Waals surface area contributed by atoms with Crippen LogP contribution in [0.25, 0.3) is 0 Å². The average Bonchev–Trinajstić information content (AvgIpc) is 2.04. The highest BCUT2D eigenvalue weighted by Gasteiger charge is 2.11. The Labute approximate surface area is 71.2 Å². The molecule has 0 aliphatic carbocycles. The highest BCUT2D eigenvalue weighted by atomic mass is 16.4. The van der Waals surface area contributed by atoms with Gasteiger partial charge >= 0.3 is 5.97 Å². The first-order valence-corrected chi connectivity index (χ1v) is 3.60. The second-order valence-electron chi connectivity index (χ2n) is 2.70. The van der Waals surface area contributed by atoms with Crippen molar-refractivity contribution in [1.82, 2.24) is 0 Å². The van der Waals surface area contributed by atoms with Crippen molar-refractivity contribution < 1.29 is 9.90 Å². The Bertz CT molecular complexity index is 294. The number of hydrogen-bond donors (Lipinski definition) is 0. The molecule has 1 aromatic carbocycles. The van der Waals surface area contributed by atoms with E-state index in [4.69, 9.17) is 0 Å². The number of para-hydroxylation sites is 1. The van der Waals surface area contributed by atoms with Crippen molar-refractivity contribution >= 4 is 11.7 Å². The molecule has 3 nitrogen and oxygen atoms in total. The van der Waals surface area contributed by atoms with Gasteiger partial charge in [-0.05, 0) is 12.1 Å². The van der Waals surface area contributed by atoms with E-state index in [9.17, 15) is 9.90 Å². The predicted molar refractivity (Wildman–Crippen MR) is 45.8 cm³/mol. The molecule has 0 atom stereocenters. The quantitative estimate of drug-likeness (QED) is 0.661. The van der Waals surface area contributed by atoms with Crippen LogP contribution in [0.4, 0.5) is 5.69 Å². The third kappa shape index (κ3) is 1.56. The number of rotatable bonds is 2. The van der Waals surface area contributed by atoms with Gasteiger partial charge in [-0.3, -0.25) is 0 Å². The number of nitrogens with zero attached hydrogens (tertiary/aromatic N) is 1. The summed E-state index contributed by atoms with van der Waals surface area (Å²) in [6.07, 6.45) is 0. The Morgan fingerprint density at radius 2 is 1.83 bits per heavy atom. The molecule has 1 aromatic rings. The van der Waals surface area contributed by atoms with Crippen LogP contribution in [0.5, 0.6) is 0 Å². The molecule has 0 amide bonds. The van der Waals surface area contributed by atoms with E-state index >= 15 is 0 Å². The van der Waals surface area contributed by atoms with Gasteiger partial charge < -0.3 is 4.90 Å². The Balaban J connectivity index is 3.17. The lowest BCUT2D eigenvalue weighted by Crippen LogP contribution is -2.12. The van der Waals surface area contributed by atoms with Crippen molar-refractivity contribution in [2.45, 2.75) is 0 Å². The minimum Gasteiger partial charge on any atom is -0.377 e. The van der Waals surface area contributed by atoms with Crippen LogP contribution in [0.15, 0.2) is 24.3 Å². The normalized spacial score (nSPS) is 9.50. The topological polar surface area (TPSA) is 40.2 Å². The average molecular weight is 164 g/mol. The van der Waals surface area contributed by atoms with E-state index in [1.54, 1.807) is 37.2 Å². The number of carbonyl (C=O) groups excluding carboxylic acids is 1. The molecule has 12 heavy (non-hydrogen) atoms. The van der Waals surface area contributed by atoms with Crippen molar-refractivity contribution in [2.24, 2.45) is 0 Å². The van der Waals surface area contributed by atoms with E-state index in [0.717, 1.165) is 0 Å². The summed E-state index contributed by atoms with van der Waals surface area (Å²) in [6.45, 7) is 0. The van der Waals surface area contributed by atoms with E-state index in [1.807, 2.05) is 0 Å². The summed E-state index contributed by atoms with van der Waals surface area (Å²) < 4.78 is 0. The van der Waals surface area contributed by atoms with Crippen LogP contribution >= 0.6 is 0 Å². The van der Waals surface area contributed by atoms with Gasteiger partial charge in [0.25, 0.3) is 0 Å². The zero-order valence-electron chi connectivity index (χ0n) is 7.07. The zero-order chi connectivity index (χ0) is 9.14. The smallest absolute Gasteiger partial charge is 0.377 e. The molecule has 0 heterocycles. The molecule has 0 aliphatic heterocycles. The van der Waals surface area contributed by atoms with E-state index in [-0.39, 0.29) is 5.56 Å². The molecular formula is C9H10NO2. The van der Waals surface area contributed by atoms with Crippen LogP contribution in [0.2, 0.25) is 0 Å². The van der Waals surface area contributed by atoms with Crippen molar-refractivity contribution in [3.05, 3.63) is 29.8 Å². The highest BCUT2D eigenvalue weighted by Crippen LogP contribution is 2.17. The third-order valence-electron chi connectivity index (χ3n) is 1.61. The maximum Gasteiger partial charge on any atom is 0.388 e. The van der Waals surface area contributed by atoms with Crippen molar-refractivity contribution in [3.8, 4) is 0 Å². The first kappa shape index (κ1) is 8.59. The number of hydrogen-bond acceptors (Lipinski definition) is 2. The number of benzene rings is 1. The maximum absolute atomic E-state index is 10.6. The number of carbonyl (C=O) groups is 1. The molecule has 1 radical (unpaired) electrons. The standard InChI is InChI=1S/C9H10NO2/c1-10(2)8-6-4-3-5-7(8)9(11)12/h3-6H,1-2H3. The Morgan fingerprint density at radius 3 is 2.25 bits per heavy atom. The largest absolute Gasteiger partial charge is 0.388 e. The molecule has 63 valence electrons. The van der Waals surface area contributed by atoms with Gasteiger partial charge in [0.2, 0.25) is 0 Å². The fourth-order valence-electron chi connectivity index (χ4n) is 1.04. The second-order valence-corrected chi connectivity index (χ2v) is 2.70. The molecule has 0 unspecified atom stereocenters. The maximum atomic E-state index is 10.6. The molecule has 0 aliphatic rings. The monoisotopic (exact) mass is 164 g/mol. The Hall–Kier alpha value is -1.51. The molecule has 1 rings (SSSR count). The first-order chi connectivity index (χ1) is 5.63. The third-order valence-corrected chi connectivity index (χ3v) is 1.61. The van der Waals surface area contributed by atoms with E-state index < -0.39 is 5.97 Å². The lowest BCUT2D eigenvalue weighted by Gasteiger charge is -2.13. The number of anilines is 1. The molecule has 0 saturated heterocycles. The van der Waals surface area contributed by atoms with Gasteiger partial charge in [0.15, 0.2) is 0 Å². The fourth-order valence-corrected chi connectivity index (χ4v) is 1.04. The lowest BCUT2D eigenvalue weighted by atomic mass is 10.2. The predicted octanol–water partition coefficient (Wildman–Crippen LogP) is 1.32. The van der Waals surface area contributed by atoms with E-state index in [1.165, 1.54) is 6.07 Å². The summed E-state index contributed by atoms with van der Waals surface area (Å²) in [5.74, 6) is -1.14. The van der Waals surface area contributed by atoms with Crippen molar-refractivity contribution in [3.63, 3.8) is 0 Å². The minimum atomic E-state index is -1.14. The van der Waals surface area contributed by atoms with Crippen LogP contribution in [0, 0.1) is 0 Å². The molecule has 0 fully saturated rings. The summed E-state index contributed by atoms with van der Waals surface area (Å²) in [7, 11) is 3.59. The van der Waals surface area contributed by atoms with Crippen molar-refractivity contribution in [1.29, 1.82) is 0 Å². The lowest BCUT2D eigenvalue weighted by molar-refractivity contribution is 0.0574. The second kappa shape index (κ2) is 3.26. The van der Waals surface area contributed by atoms with Gasteiger partial charge in [-0.1, -0.05) is 12.1 Å². The highest BCUT2D eigenvalue weighted by molar-refractivity contribution is 5.94. The fraction of sp³-hybridized carbons (Fsp3) is 0.222. The summed E-state index contributed by atoms with van der Waals surface area (Å²) in [5, 5.41) is 10.6. The van der Waals surface area contributed by atoms with E-state index in [0.29, 0.717) is 5.69 Å². The van der Waals surface area contributed by atoms with Gasteiger partial charge in [0.1, 0.15) is 0 Å².